The molecule has 5 heterocycles. The SMILES string of the molecule is COCC1(CN(C)c2cc(-c3cnc(C4CC4)c(C(F)(F)F)c3)nc3nc(NC(=O)c4cnc(N5CCC(C(=O)O)CC5)cn4)[nH]c23)CCCC1. The summed E-state index contributed by atoms with van der Waals surface area (Å²) < 4.78 is 48.2. The molecule has 2 saturated carbocycles. The van der Waals surface area contributed by atoms with Crippen molar-refractivity contribution in [3.8, 4) is 11.3 Å². The minimum atomic E-state index is -4.57. The molecule has 3 aliphatic rings. The highest BCUT2D eigenvalue weighted by Gasteiger charge is 2.40. The second-order valence-electron chi connectivity index (χ2n) is 14.0. The van der Waals surface area contributed by atoms with Gasteiger partial charge >= 0.3 is 12.1 Å². The Balaban J connectivity index is 1.18. The normalized spacial score (nSPS) is 17.9. The van der Waals surface area contributed by atoms with Gasteiger partial charge in [-0.3, -0.25) is 19.9 Å². The number of alkyl halides is 3. The fourth-order valence-corrected chi connectivity index (χ4v) is 7.50. The molecular weight excluding hydrogens is 667 g/mol. The molecule has 51 heavy (non-hydrogen) atoms. The zero-order valence-electron chi connectivity index (χ0n) is 28.5. The number of fused-ring (bicyclic) bond motifs is 1. The first kappa shape index (κ1) is 34.6. The van der Waals surface area contributed by atoms with Gasteiger partial charge in [0.2, 0.25) is 5.95 Å². The number of carbonyl (C=O) groups excluding carboxylic acids is 1. The third-order valence-electron chi connectivity index (χ3n) is 10.3. The number of amides is 1. The summed E-state index contributed by atoms with van der Waals surface area (Å²) >= 11 is 0. The average Bonchev–Trinajstić information content (AvgIpc) is 3.73. The quantitative estimate of drug-likeness (QED) is 0.170. The van der Waals surface area contributed by atoms with E-state index in [1.807, 2.05) is 16.8 Å². The average molecular weight is 708 g/mol. The van der Waals surface area contributed by atoms with Gasteiger partial charge in [0.15, 0.2) is 5.65 Å². The van der Waals surface area contributed by atoms with Crippen LogP contribution in [0.5, 0.6) is 0 Å². The minimum Gasteiger partial charge on any atom is -0.481 e. The number of imidazole rings is 1. The van der Waals surface area contributed by atoms with Crippen LogP contribution in [0.1, 0.15) is 79.0 Å². The molecule has 0 radical (unpaired) electrons. The molecular formula is C35H40F3N9O4. The number of halogens is 3. The lowest BCUT2D eigenvalue weighted by Crippen LogP contribution is -2.37. The highest BCUT2D eigenvalue weighted by Crippen LogP contribution is 2.46. The molecule has 3 fully saturated rings. The Morgan fingerprint density at radius 2 is 1.80 bits per heavy atom. The molecule has 1 amide bonds. The van der Waals surface area contributed by atoms with Crippen LogP contribution in [0.2, 0.25) is 0 Å². The van der Waals surface area contributed by atoms with Gasteiger partial charge in [-0.05, 0) is 50.7 Å². The third-order valence-corrected chi connectivity index (χ3v) is 10.3. The van der Waals surface area contributed by atoms with E-state index in [2.05, 4.69) is 35.2 Å². The van der Waals surface area contributed by atoms with Gasteiger partial charge in [-0.25, -0.2) is 15.0 Å². The molecule has 0 unspecified atom stereocenters. The van der Waals surface area contributed by atoms with E-state index in [-0.39, 0.29) is 51.5 Å². The van der Waals surface area contributed by atoms with Crippen molar-refractivity contribution in [2.75, 3.05) is 55.5 Å². The van der Waals surface area contributed by atoms with Crippen molar-refractivity contribution in [2.45, 2.75) is 63.5 Å². The smallest absolute Gasteiger partial charge is 0.418 e. The fraction of sp³-hybridized carbons (Fsp3) is 0.514. The largest absolute Gasteiger partial charge is 0.481 e. The molecule has 0 atom stereocenters. The summed E-state index contributed by atoms with van der Waals surface area (Å²) in [6.45, 7) is 2.24. The first-order valence-electron chi connectivity index (χ1n) is 17.2. The second kappa shape index (κ2) is 13.7. The summed E-state index contributed by atoms with van der Waals surface area (Å²) in [5.41, 5.74) is 1.12. The number of carboxylic acids is 1. The van der Waals surface area contributed by atoms with E-state index in [1.54, 1.807) is 13.2 Å². The molecule has 16 heteroatoms. The van der Waals surface area contributed by atoms with Crippen molar-refractivity contribution in [1.82, 2.24) is 29.9 Å². The zero-order valence-corrected chi connectivity index (χ0v) is 28.5. The summed E-state index contributed by atoms with van der Waals surface area (Å²) in [5.74, 6) is -1.32. The number of H-pyrrole nitrogens is 1. The van der Waals surface area contributed by atoms with Crippen LogP contribution < -0.4 is 15.1 Å². The van der Waals surface area contributed by atoms with E-state index >= 15 is 0 Å². The van der Waals surface area contributed by atoms with Gasteiger partial charge in [0, 0.05) is 56.9 Å². The van der Waals surface area contributed by atoms with Crippen molar-refractivity contribution < 1.29 is 32.6 Å². The molecule has 4 aromatic heterocycles. The molecule has 0 aromatic carbocycles. The maximum atomic E-state index is 14.2. The van der Waals surface area contributed by atoms with E-state index < -0.39 is 23.6 Å². The lowest BCUT2D eigenvalue weighted by atomic mass is 9.86. The number of piperidine rings is 1. The number of rotatable bonds is 11. The fourth-order valence-electron chi connectivity index (χ4n) is 7.50. The van der Waals surface area contributed by atoms with Gasteiger partial charge in [-0.15, -0.1) is 0 Å². The number of methoxy groups -OCH3 is 1. The number of nitrogens with zero attached hydrogens (tertiary/aromatic N) is 7. The van der Waals surface area contributed by atoms with Crippen molar-refractivity contribution in [3.63, 3.8) is 0 Å². The molecule has 2 aliphatic carbocycles. The van der Waals surface area contributed by atoms with Crippen LogP contribution in [-0.4, -0.2) is 87.3 Å². The Morgan fingerprint density at radius 3 is 2.43 bits per heavy atom. The Hall–Kier alpha value is -4.86. The van der Waals surface area contributed by atoms with Crippen LogP contribution in [-0.2, 0) is 15.7 Å². The molecule has 270 valence electrons. The number of ether oxygens (including phenoxy) is 1. The van der Waals surface area contributed by atoms with Crippen LogP contribution in [0.15, 0.2) is 30.7 Å². The van der Waals surface area contributed by atoms with Crippen LogP contribution in [0.25, 0.3) is 22.4 Å². The molecule has 0 spiro atoms. The second-order valence-corrected chi connectivity index (χ2v) is 14.0. The molecule has 4 aromatic rings. The van der Waals surface area contributed by atoms with E-state index in [4.69, 9.17) is 4.74 Å². The van der Waals surface area contributed by atoms with Gasteiger partial charge < -0.3 is 24.6 Å². The lowest BCUT2D eigenvalue weighted by Gasteiger charge is -2.34. The van der Waals surface area contributed by atoms with E-state index in [9.17, 15) is 27.9 Å². The molecule has 1 aliphatic heterocycles. The summed E-state index contributed by atoms with van der Waals surface area (Å²) in [7, 11) is 3.61. The third kappa shape index (κ3) is 7.32. The maximum absolute atomic E-state index is 14.2. The van der Waals surface area contributed by atoms with Crippen molar-refractivity contribution in [2.24, 2.45) is 11.3 Å². The van der Waals surface area contributed by atoms with Crippen LogP contribution in [0.3, 0.4) is 0 Å². The van der Waals surface area contributed by atoms with Crippen molar-refractivity contribution >= 4 is 40.5 Å². The van der Waals surface area contributed by atoms with Crippen molar-refractivity contribution in [1.29, 1.82) is 0 Å². The van der Waals surface area contributed by atoms with Gasteiger partial charge in [0.1, 0.15) is 17.0 Å². The predicted molar refractivity (Wildman–Crippen MR) is 183 cm³/mol. The summed E-state index contributed by atoms with van der Waals surface area (Å²) in [5, 5.41) is 12.0. The lowest BCUT2D eigenvalue weighted by molar-refractivity contribution is -0.142. The number of hydrogen-bond acceptors (Lipinski definition) is 10. The van der Waals surface area contributed by atoms with E-state index in [0.717, 1.165) is 31.7 Å². The first-order chi connectivity index (χ1) is 24.4. The number of nitrogens with one attached hydrogen (secondary N) is 2. The molecule has 0 bridgehead atoms. The van der Waals surface area contributed by atoms with Gasteiger partial charge in [0.05, 0.1) is 47.6 Å². The first-order valence-corrected chi connectivity index (χ1v) is 17.2. The number of anilines is 3. The maximum Gasteiger partial charge on any atom is 0.418 e. The number of aromatic nitrogens is 6. The zero-order chi connectivity index (χ0) is 35.9. The number of aromatic amines is 1. The number of hydrogen-bond donors (Lipinski definition) is 3. The number of carbonyl (C=O) groups is 2. The highest BCUT2D eigenvalue weighted by molar-refractivity contribution is 6.03. The summed E-state index contributed by atoms with van der Waals surface area (Å²) in [4.78, 5) is 53.8. The van der Waals surface area contributed by atoms with Gasteiger partial charge in [-0.2, -0.15) is 18.2 Å². The van der Waals surface area contributed by atoms with Crippen LogP contribution in [0, 0.1) is 11.3 Å². The number of pyridine rings is 2. The molecule has 1 saturated heterocycles. The monoisotopic (exact) mass is 707 g/mol. The highest BCUT2D eigenvalue weighted by atomic mass is 19.4. The Bertz CT molecular complexity index is 1920. The Kier molecular flexibility index (Phi) is 9.29. The minimum absolute atomic E-state index is 0.0369. The molecule has 3 N–H and O–H groups in total. The molecule has 13 nitrogen and oxygen atoms in total. The number of carboxylic acid groups (broad SMARTS) is 1. The Morgan fingerprint density at radius 1 is 1.06 bits per heavy atom. The summed E-state index contributed by atoms with van der Waals surface area (Å²) in [6, 6.07) is 2.85. The van der Waals surface area contributed by atoms with E-state index in [0.29, 0.717) is 68.9 Å². The predicted octanol–water partition coefficient (Wildman–Crippen LogP) is 5.90. The van der Waals surface area contributed by atoms with Gasteiger partial charge in [0.25, 0.3) is 5.91 Å². The standard InChI is InChI=1S/C35H40F3N9O4/c1-46(18-34(19-51-2)9-3-4-10-34)26-14-24(22-13-23(35(36,37)38)28(41-15-22)20-5-6-20)42-30-29(26)43-33(44-30)45-31(48)25-16-40-27(17-39-25)47-11-7-21(8-12-47)32(49)50/h13-17,20-21H,3-12,18-19H2,1-2H3,(H,49,50)(H2,42,43,44,45,48). The van der Waals surface area contributed by atoms with Gasteiger partial charge in [-0.1, -0.05) is 12.8 Å². The van der Waals surface area contributed by atoms with Crippen LogP contribution in [0.4, 0.5) is 30.6 Å². The topological polar surface area (TPSA) is 162 Å². The molecule has 7 rings (SSSR count). The van der Waals surface area contributed by atoms with E-state index in [1.165, 1.54) is 18.6 Å². The summed E-state index contributed by atoms with van der Waals surface area (Å²) in [6.07, 6.45) is 6.20. The van der Waals surface area contributed by atoms with Crippen molar-refractivity contribution in [3.05, 3.63) is 47.7 Å². The van der Waals surface area contributed by atoms with Crippen LogP contribution >= 0.6 is 0 Å². The number of aliphatic carboxylic acids is 1. The Labute approximate surface area is 292 Å².